The van der Waals surface area contributed by atoms with E-state index in [-0.39, 0.29) is 17.7 Å². The van der Waals surface area contributed by atoms with Crippen molar-refractivity contribution in [3.8, 4) is 0 Å². The van der Waals surface area contributed by atoms with E-state index in [4.69, 9.17) is 4.42 Å². The first-order chi connectivity index (χ1) is 12.2. The zero-order valence-corrected chi connectivity index (χ0v) is 14.0. The van der Waals surface area contributed by atoms with Gasteiger partial charge in [-0.2, -0.15) is 0 Å². The number of carbonyl (C=O) groups is 2. The predicted octanol–water partition coefficient (Wildman–Crippen LogP) is 2.59. The van der Waals surface area contributed by atoms with E-state index in [9.17, 15) is 9.59 Å². The first kappa shape index (κ1) is 15.7. The minimum absolute atomic E-state index is 0.0530. The molecule has 25 heavy (non-hydrogen) atoms. The second-order valence-electron chi connectivity index (χ2n) is 6.57. The molecule has 130 valence electrons. The van der Waals surface area contributed by atoms with Crippen LogP contribution in [-0.4, -0.2) is 42.9 Å². The number of hydrogen-bond donors (Lipinski definition) is 1. The number of benzene rings is 1. The molecule has 2 heterocycles. The van der Waals surface area contributed by atoms with Gasteiger partial charge >= 0.3 is 0 Å². The normalized spacial score (nSPS) is 17.4. The molecule has 1 saturated heterocycles. The zero-order valence-electron chi connectivity index (χ0n) is 14.0. The van der Waals surface area contributed by atoms with Gasteiger partial charge in [0.2, 0.25) is 5.91 Å². The summed E-state index contributed by atoms with van der Waals surface area (Å²) >= 11 is 0. The van der Waals surface area contributed by atoms with Crippen LogP contribution in [0.4, 0.5) is 11.4 Å². The highest BCUT2D eigenvalue weighted by molar-refractivity contribution is 5.94. The highest BCUT2D eigenvalue weighted by Crippen LogP contribution is 2.30. The Morgan fingerprint density at radius 3 is 2.32 bits per heavy atom. The Balaban J connectivity index is 1.32. The Morgan fingerprint density at radius 1 is 1.00 bits per heavy atom. The van der Waals surface area contributed by atoms with E-state index in [0.29, 0.717) is 18.8 Å². The second-order valence-corrected chi connectivity index (χ2v) is 6.57. The molecule has 2 amide bonds. The average molecular weight is 339 g/mol. The van der Waals surface area contributed by atoms with E-state index >= 15 is 0 Å². The summed E-state index contributed by atoms with van der Waals surface area (Å²) in [5, 5.41) is 2.95. The molecule has 1 aliphatic carbocycles. The van der Waals surface area contributed by atoms with Gasteiger partial charge in [0.1, 0.15) is 0 Å². The molecule has 4 rings (SSSR count). The van der Waals surface area contributed by atoms with Gasteiger partial charge in [0.15, 0.2) is 5.76 Å². The molecule has 0 bridgehead atoms. The van der Waals surface area contributed by atoms with Crippen LogP contribution in [0.2, 0.25) is 0 Å². The molecule has 2 aromatic rings. The van der Waals surface area contributed by atoms with Crippen LogP contribution in [0.5, 0.6) is 0 Å². The number of piperazine rings is 1. The number of amides is 2. The fourth-order valence-electron chi connectivity index (χ4n) is 3.07. The van der Waals surface area contributed by atoms with Crippen molar-refractivity contribution >= 4 is 23.2 Å². The van der Waals surface area contributed by atoms with Crippen molar-refractivity contribution in [3.05, 3.63) is 48.4 Å². The summed E-state index contributed by atoms with van der Waals surface area (Å²) in [5.41, 5.74) is 1.95. The van der Waals surface area contributed by atoms with Crippen LogP contribution in [0.25, 0.3) is 0 Å². The second kappa shape index (κ2) is 6.63. The Kier molecular flexibility index (Phi) is 4.17. The van der Waals surface area contributed by atoms with E-state index in [1.54, 1.807) is 12.1 Å². The molecule has 1 aromatic carbocycles. The highest BCUT2D eigenvalue weighted by Gasteiger charge is 2.29. The maximum absolute atomic E-state index is 12.3. The molecule has 1 aromatic heterocycles. The fraction of sp³-hybridized carbons (Fsp3) is 0.368. The molecular weight excluding hydrogens is 318 g/mol. The van der Waals surface area contributed by atoms with E-state index in [0.717, 1.165) is 37.3 Å². The lowest BCUT2D eigenvalue weighted by Gasteiger charge is -2.35. The van der Waals surface area contributed by atoms with Crippen molar-refractivity contribution in [1.29, 1.82) is 0 Å². The number of hydrogen-bond acceptors (Lipinski definition) is 4. The number of furan rings is 1. The summed E-state index contributed by atoms with van der Waals surface area (Å²) in [4.78, 5) is 28.1. The topological polar surface area (TPSA) is 65.8 Å². The third kappa shape index (κ3) is 3.52. The number of nitrogens with one attached hydrogen (secondary N) is 1. The molecule has 2 fully saturated rings. The van der Waals surface area contributed by atoms with Gasteiger partial charge in [0, 0.05) is 43.5 Å². The van der Waals surface area contributed by atoms with Gasteiger partial charge in [0.25, 0.3) is 5.91 Å². The summed E-state index contributed by atoms with van der Waals surface area (Å²) in [7, 11) is 0. The van der Waals surface area contributed by atoms with E-state index in [1.165, 1.54) is 6.26 Å². The fourth-order valence-corrected chi connectivity index (χ4v) is 3.07. The number of rotatable bonds is 4. The molecule has 6 nitrogen and oxygen atoms in total. The molecule has 0 radical (unpaired) electrons. The number of carbonyl (C=O) groups excluding carboxylic acids is 2. The maximum atomic E-state index is 12.3. The van der Waals surface area contributed by atoms with Gasteiger partial charge in [-0.05, 0) is 49.2 Å². The molecule has 1 aliphatic heterocycles. The van der Waals surface area contributed by atoms with Crippen molar-refractivity contribution in [2.24, 2.45) is 5.92 Å². The Morgan fingerprint density at radius 2 is 1.72 bits per heavy atom. The molecule has 0 spiro atoms. The Labute approximate surface area is 146 Å². The molecule has 1 saturated carbocycles. The smallest absolute Gasteiger partial charge is 0.289 e. The largest absolute Gasteiger partial charge is 0.459 e. The molecule has 6 heteroatoms. The summed E-state index contributed by atoms with van der Waals surface area (Å²) in [6, 6.07) is 11.3. The predicted molar refractivity (Wildman–Crippen MR) is 94.6 cm³/mol. The summed E-state index contributed by atoms with van der Waals surface area (Å²) < 4.78 is 5.19. The van der Waals surface area contributed by atoms with Gasteiger partial charge in [-0.15, -0.1) is 0 Å². The molecule has 1 N–H and O–H groups in total. The summed E-state index contributed by atoms with van der Waals surface area (Å²) in [6.07, 6.45) is 3.53. The van der Waals surface area contributed by atoms with Crippen LogP contribution in [0.1, 0.15) is 23.4 Å². The Hall–Kier alpha value is -2.76. The van der Waals surface area contributed by atoms with Crippen LogP contribution in [0.3, 0.4) is 0 Å². The van der Waals surface area contributed by atoms with Crippen molar-refractivity contribution in [3.63, 3.8) is 0 Å². The van der Waals surface area contributed by atoms with Gasteiger partial charge in [0.05, 0.1) is 6.26 Å². The number of nitrogens with zero attached hydrogens (tertiary/aromatic N) is 2. The first-order valence-electron chi connectivity index (χ1n) is 8.69. The van der Waals surface area contributed by atoms with Crippen molar-refractivity contribution < 1.29 is 14.0 Å². The first-order valence-corrected chi connectivity index (χ1v) is 8.69. The lowest BCUT2D eigenvalue weighted by Crippen LogP contribution is -2.48. The summed E-state index contributed by atoms with van der Waals surface area (Å²) in [5.74, 6) is 0.671. The van der Waals surface area contributed by atoms with Crippen LogP contribution in [0, 0.1) is 5.92 Å². The standard InChI is InChI=1S/C19H21N3O3/c23-18(14-3-4-14)20-15-5-7-16(8-6-15)21-9-11-22(12-10-21)19(24)17-2-1-13-25-17/h1-2,5-8,13-14H,3-4,9-12H2,(H,20,23). The third-order valence-electron chi connectivity index (χ3n) is 4.75. The van der Waals surface area contributed by atoms with E-state index < -0.39 is 0 Å². The van der Waals surface area contributed by atoms with Gasteiger partial charge in [-0.3, -0.25) is 9.59 Å². The minimum atomic E-state index is -0.0530. The van der Waals surface area contributed by atoms with Crippen molar-refractivity contribution in [1.82, 2.24) is 4.90 Å². The zero-order chi connectivity index (χ0) is 17.2. The third-order valence-corrected chi connectivity index (χ3v) is 4.75. The van der Waals surface area contributed by atoms with E-state index in [2.05, 4.69) is 10.2 Å². The van der Waals surface area contributed by atoms with Gasteiger partial charge < -0.3 is 19.5 Å². The lowest BCUT2D eigenvalue weighted by atomic mass is 10.2. The number of anilines is 2. The molecule has 0 unspecified atom stereocenters. The van der Waals surface area contributed by atoms with Crippen molar-refractivity contribution in [2.45, 2.75) is 12.8 Å². The van der Waals surface area contributed by atoms with Gasteiger partial charge in [-0.1, -0.05) is 0 Å². The van der Waals surface area contributed by atoms with Crippen molar-refractivity contribution in [2.75, 3.05) is 36.4 Å². The monoisotopic (exact) mass is 339 g/mol. The molecular formula is C19H21N3O3. The highest BCUT2D eigenvalue weighted by atomic mass is 16.3. The van der Waals surface area contributed by atoms with Crippen LogP contribution < -0.4 is 10.2 Å². The molecule has 2 aliphatic rings. The van der Waals surface area contributed by atoms with Gasteiger partial charge in [-0.25, -0.2) is 0 Å². The summed E-state index contributed by atoms with van der Waals surface area (Å²) in [6.45, 7) is 2.89. The minimum Gasteiger partial charge on any atom is -0.459 e. The van der Waals surface area contributed by atoms with Crippen LogP contribution >= 0.6 is 0 Å². The molecule has 0 atom stereocenters. The quantitative estimate of drug-likeness (QED) is 0.930. The lowest BCUT2D eigenvalue weighted by molar-refractivity contribution is -0.117. The van der Waals surface area contributed by atoms with Crippen LogP contribution in [-0.2, 0) is 4.79 Å². The Bertz CT molecular complexity index is 743. The SMILES string of the molecule is O=C(Nc1ccc(N2CCN(C(=O)c3ccco3)CC2)cc1)C1CC1. The van der Waals surface area contributed by atoms with E-state index in [1.807, 2.05) is 29.2 Å². The average Bonchev–Trinajstić information content (AvgIpc) is 3.37. The maximum Gasteiger partial charge on any atom is 0.289 e. The van der Waals surface area contributed by atoms with Crippen LogP contribution in [0.15, 0.2) is 47.1 Å².